The van der Waals surface area contributed by atoms with Crippen LogP contribution in [0.2, 0.25) is 0 Å². The highest BCUT2D eigenvalue weighted by Gasteiger charge is 2.25. The van der Waals surface area contributed by atoms with E-state index in [4.69, 9.17) is 9.73 Å². The molecule has 3 rings (SSSR count). The second kappa shape index (κ2) is 6.72. The number of aryl methyl sites for hydroxylation is 1. The Balaban J connectivity index is 2.22. The van der Waals surface area contributed by atoms with E-state index in [1.165, 1.54) is 16.7 Å². The first-order chi connectivity index (χ1) is 11.4. The van der Waals surface area contributed by atoms with Crippen molar-refractivity contribution in [2.45, 2.75) is 46.0 Å². The molecule has 2 aromatic rings. The monoisotopic (exact) mass is 385 g/mol. The lowest BCUT2D eigenvalue weighted by atomic mass is 9.85. The third-order valence-corrected chi connectivity index (χ3v) is 5.29. The van der Waals surface area contributed by atoms with Gasteiger partial charge in [0, 0.05) is 5.56 Å². The number of rotatable bonds is 3. The minimum Gasteiger partial charge on any atom is -0.495 e. The SMILES string of the molecule is COc1c(Br)cc(C)cc1C1=Nc2c(C(C)C)cccc2C(C)C1. The first kappa shape index (κ1) is 17.2. The van der Waals surface area contributed by atoms with Gasteiger partial charge >= 0.3 is 0 Å². The van der Waals surface area contributed by atoms with Crippen LogP contribution in [0.15, 0.2) is 39.8 Å². The van der Waals surface area contributed by atoms with Gasteiger partial charge in [-0.1, -0.05) is 39.0 Å². The molecule has 0 spiro atoms. The van der Waals surface area contributed by atoms with Crippen molar-refractivity contribution in [3.8, 4) is 5.75 Å². The molecule has 0 aliphatic carbocycles. The van der Waals surface area contributed by atoms with Gasteiger partial charge in [0.15, 0.2) is 0 Å². The molecule has 0 fully saturated rings. The summed E-state index contributed by atoms with van der Waals surface area (Å²) >= 11 is 3.63. The average molecular weight is 386 g/mol. The number of methoxy groups -OCH3 is 1. The molecule has 2 nitrogen and oxygen atoms in total. The van der Waals surface area contributed by atoms with Crippen molar-refractivity contribution >= 4 is 27.3 Å². The van der Waals surface area contributed by atoms with Crippen LogP contribution in [0.5, 0.6) is 5.75 Å². The largest absolute Gasteiger partial charge is 0.495 e. The zero-order chi connectivity index (χ0) is 17.4. The Morgan fingerprint density at radius 2 is 2.00 bits per heavy atom. The zero-order valence-electron chi connectivity index (χ0n) is 15.0. The fourth-order valence-electron chi connectivity index (χ4n) is 3.47. The highest BCUT2D eigenvalue weighted by atomic mass is 79.9. The fourth-order valence-corrected chi connectivity index (χ4v) is 4.21. The summed E-state index contributed by atoms with van der Waals surface area (Å²) in [5.74, 6) is 1.79. The number of aliphatic imine (C=N–C) groups is 1. The number of fused-ring (bicyclic) bond motifs is 1. The van der Waals surface area contributed by atoms with E-state index in [1.54, 1.807) is 7.11 Å². The van der Waals surface area contributed by atoms with Gasteiger partial charge in [-0.3, -0.25) is 4.99 Å². The Kier molecular flexibility index (Phi) is 4.82. The van der Waals surface area contributed by atoms with Gasteiger partial charge in [0.1, 0.15) is 5.75 Å². The number of nitrogens with zero attached hydrogens (tertiary/aromatic N) is 1. The Hall–Kier alpha value is -1.61. The van der Waals surface area contributed by atoms with Crippen molar-refractivity contribution in [2.24, 2.45) is 4.99 Å². The van der Waals surface area contributed by atoms with E-state index >= 15 is 0 Å². The molecular formula is C21H24BrNO. The Bertz CT molecular complexity index is 808. The van der Waals surface area contributed by atoms with E-state index in [9.17, 15) is 0 Å². The average Bonchev–Trinajstić information content (AvgIpc) is 2.53. The van der Waals surface area contributed by atoms with Crippen LogP contribution in [0.25, 0.3) is 0 Å². The lowest BCUT2D eigenvalue weighted by Gasteiger charge is -2.26. The minimum atomic E-state index is 0.454. The van der Waals surface area contributed by atoms with Crippen molar-refractivity contribution < 1.29 is 4.74 Å². The number of benzene rings is 2. The van der Waals surface area contributed by atoms with E-state index in [1.807, 2.05) is 0 Å². The predicted octanol–water partition coefficient (Wildman–Crippen LogP) is 6.52. The number of hydrogen-bond acceptors (Lipinski definition) is 2. The summed E-state index contributed by atoms with van der Waals surface area (Å²) in [6.45, 7) is 8.85. The second-order valence-corrected chi connectivity index (χ2v) is 7.79. The van der Waals surface area contributed by atoms with Gasteiger partial charge in [-0.05, 0) is 69.9 Å². The summed E-state index contributed by atoms with van der Waals surface area (Å²) < 4.78 is 6.64. The van der Waals surface area contributed by atoms with Crippen LogP contribution < -0.4 is 4.74 Å². The number of para-hydroxylation sites is 1. The van der Waals surface area contributed by atoms with Gasteiger partial charge in [0.25, 0.3) is 0 Å². The molecule has 1 aliphatic heterocycles. The molecule has 0 radical (unpaired) electrons. The molecule has 0 aromatic heterocycles. The maximum Gasteiger partial charge on any atom is 0.142 e. The van der Waals surface area contributed by atoms with E-state index < -0.39 is 0 Å². The van der Waals surface area contributed by atoms with Crippen LogP contribution in [0.3, 0.4) is 0 Å². The predicted molar refractivity (Wildman–Crippen MR) is 105 cm³/mol. The lowest BCUT2D eigenvalue weighted by molar-refractivity contribution is 0.411. The van der Waals surface area contributed by atoms with Gasteiger partial charge < -0.3 is 4.74 Å². The summed E-state index contributed by atoms with van der Waals surface area (Å²) in [5.41, 5.74) is 7.25. The fraction of sp³-hybridized carbons (Fsp3) is 0.381. The number of halogens is 1. The van der Waals surface area contributed by atoms with Gasteiger partial charge in [-0.15, -0.1) is 0 Å². The Morgan fingerprint density at radius 3 is 2.67 bits per heavy atom. The van der Waals surface area contributed by atoms with Gasteiger partial charge in [0.05, 0.1) is 23.0 Å². The number of ether oxygens (including phenoxy) is 1. The van der Waals surface area contributed by atoms with E-state index in [0.29, 0.717) is 11.8 Å². The molecule has 2 aromatic carbocycles. The van der Waals surface area contributed by atoms with Crippen LogP contribution in [0.1, 0.15) is 61.3 Å². The molecule has 0 saturated heterocycles. The molecule has 0 N–H and O–H groups in total. The van der Waals surface area contributed by atoms with Crippen LogP contribution >= 0.6 is 15.9 Å². The standard InChI is InChI=1S/C21H24BrNO/c1-12(2)15-7-6-8-16-14(4)11-19(23-20(15)16)17-9-13(3)10-18(22)21(17)24-5/h6-10,12,14H,11H2,1-5H3. The van der Waals surface area contributed by atoms with Crippen LogP contribution in [0, 0.1) is 6.92 Å². The summed E-state index contributed by atoms with van der Waals surface area (Å²) in [6, 6.07) is 10.8. The maximum atomic E-state index is 5.66. The highest BCUT2D eigenvalue weighted by molar-refractivity contribution is 9.10. The molecular weight excluding hydrogens is 362 g/mol. The zero-order valence-corrected chi connectivity index (χ0v) is 16.6. The Labute approximate surface area is 153 Å². The normalized spacial score (nSPS) is 16.8. The summed E-state index contributed by atoms with van der Waals surface area (Å²) in [5, 5.41) is 0. The van der Waals surface area contributed by atoms with Crippen LogP contribution in [-0.4, -0.2) is 12.8 Å². The molecule has 126 valence electrons. The van der Waals surface area contributed by atoms with E-state index in [-0.39, 0.29) is 0 Å². The van der Waals surface area contributed by atoms with Gasteiger partial charge in [0.2, 0.25) is 0 Å². The summed E-state index contributed by atoms with van der Waals surface area (Å²) in [6.07, 6.45) is 0.931. The minimum absolute atomic E-state index is 0.454. The second-order valence-electron chi connectivity index (χ2n) is 6.93. The third kappa shape index (κ3) is 3.02. The molecule has 24 heavy (non-hydrogen) atoms. The smallest absolute Gasteiger partial charge is 0.142 e. The van der Waals surface area contributed by atoms with Crippen molar-refractivity contribution in [3.05, 3.63) is 57.1 Å². The van der Waals surface area contributed by atoms with Crippen molar-refractivity contribution in [1.82, 2.24) is 0 Å². The lowest BCUT2D eigenvalue weighted by Crippen LogP contribution is -2.14. The highest BCUT2D eigenvalue weighted by Crippen LogP contribution is 2.42. The molecule has 1 unspecified atom stereocenters. The molecule has 0 amide bonds. The van der Waals surface area contributed by atoms with Crippen molar-refractivity contribution in [1.29, 1.82) is 0 Å². The first-order valence-corrected chi connectivity index (χ1v) is 9.26. The molecule has 1 atom stereocenters. The maximum absolute atomic E-state index is 5.66. The third-order valence-electron chi connectivity index (χ3n) is 4.70. The van der Waals surface area contributed by atoms with Gasteiger partial charge in [-0.2, -0.15) is 0 Å². The van der Waals surface area contributed by atoms with E-state index in [0.717, 1.165) is 33.6 Å². The van der Waals surface area contributed by atoms with Gasteiger partial charge in [-0.25, -0.2) is 0 Å². The van der Waals surface area contributed by atoms with Crippen molar-refractivity contribution in [2.75, 3.05) is 7.11 Å². The van der Waals surface area contributed by atoms with Crippen molar-refractivity contribution in [3.63, 3.8) is 0 Å². The quantitative estimate of drug-likeness (QED) is 0.589. The molecule has 1 heterocycles. The topological polar surface area (TPSA) is 21.6 Å². The summed E-state index contributed by atoms with van der Waals surface area (Å²) in [7, 11) is 1.72. The number of hydrogen-bond donors (Lipinski definition) is 0. The molecule has 0 saturated carbocycles. The Morgan fingerprint density at radius 1 is 1.25 bits per heavy atom. The molecule has 3 heteroatoms. The summed E-state index contributed by atoms with van der Waals surface area (Å²) in [4.78, 5) is 5.09. The first-order valence-electron chi connectivity index (χ1n) is 8.47. The van der Waals surface area contributed by atoms with Crippen LogP contribution in [-0.2, 0) is 0 Å². The van der Waals surface area contributed by atoms with E-state index in [2.05, 4.69) is 74.0 Å². The van der Waals surface area contributed by atoms with Crippen LogP contribution in [0.4, 0.5) is 5.69 Å². The molecule has 0 bridgehead atoms. The molecule has 1 aliphatic rings.